The van der Waals surface area contributed by atoms with Crippen molar-refractivity contribution in [2.75, 3.05) is 26.2 Å². The molecule has 0 saturated carbocycles. The molecule has 0 aliphatic carbocycles. The van der Waals surface area contributed by atoms with E-state index in [4.69, 9.17) is 0 Å². The van der Waals surface area contributed by atoms with Gasteiger partial charge in [-0.25, -0.2) is 4.39 Å². The van der Waals surface area contributed by atoms with Crippen molar-refractivity contribution >= 4 is 38.6 Å². The molecule has 4 rings (SSSR count). The van der Waals surface area contributed by atoms with E-state index < -0.39 is 17.8 Å². The van der Waals surface area contributed by atoms with Crippen molar-refractivity contribution < 1.29 is 19.1 Å². The fourth-order valence-corrected chi connectivity index (χ4v) is 3.75. The number of halogens is 2. The van der Waals surface area contributed by atoms with Crippen LogP contribution in [0.25, 0.3) is 10.9 Å². The van der Waals surface area contributed by atoms with E-state index in [1.165, 1.54) is 17.0 Å². The molecule has 0 bridgehead atoms. The molecule has 1 fully saturated rings. The Kier molecular flexibility index (Phi) is 5.33. The van der Waals surface area contributed by atoms with Gasteiger partial charge in [0.1, 0.15) is 5.82 Å². The normalized spacial score (nSPS) is 15.6. The molecule has 1 saturated heterocycles. The number of piperazine rings is 1. The van der Waals surface area contributed by atoms with Gasteiger partial charge in [-0.15, -0.1) is 0 Å². The average Bonchev–Trinajstić information content (AvgIpc) is 3.20. The first-order valence-electron chi connectivity index (χ1n) is 9.08. The van der Waals surface area contributed by atoms with Gasteiger partial charge in [0.15, 0.2) is 6.10 Å². The zero-order valence-electron chi connectivity index (χ0n) is 15.3. The van der Waals surface area contributed by atoms with Crippen LogP contribution in [0.1, 0.15) is 22.0 Å². The first-order valence-corrected chi connectivity index (χ1v) is 9.87. The van der Waals surface area contributed by atoms with E-state index >= 15 is 0 Å². The molecule has 2 N–H and O–H groups in total. The fourth-order valence-electron chi connectivity index (χ4n) is 3.42. The van der Waals surface area contributed by atoms with E-state index in [1.54, 1.807) is 35.4 Å². The summed E-state index contributed by atoms with van der Waals surface area (Å²) in [7, 11) is 0. The molecule has 7 nitrogen and oxygen atoms in total. The zero-order chi connectivity index (χ0) is 20.5. The number of amides is 2. The Balaban J connectivity index is 1.40. The van der Waals surface area contributed by atoms with Crippen molar-refractivity contribution in [1.82, 2.24) is 20.0 Å². The summed E-state index contributed by atoms with van der Waals surface area (Å²) in [4.78, 5) is 28.5. The van der Waals surface area contributed by atoms with Gasteiger partial charge in [0, 0.05) is 47.2 Å². The maximum Gasteiger partial charge on any atom is 0.256 e. The summed E-state index contributed by atoms with van der Waals surface area (Å²) in [5.74, 6) is -1.35. The highest BCUT2D eigenvalue weighted by atomic mass is 79.9. The second kappa shape index (κ2) is 7.92. The Morgan fingerprint density at radius 1 is 1.10 bits per heavy atom. The van der Waals surface area contributed by atoms with Crippen LogP contribution >= 0.6 is 15.9 Å². The first-order chi connectivity index (χ1) is 13.9. The lowest BCUT2D eigenvalue weighted by molar-refractivity contribution is -0.142. The molecule has 2 heterocycles. The maximum absolute atomic E-state index is 14.1. The first kappa shape index (κ1) is 19.5. The third-order valence-electron chi connectivity index (χ3n) is 5.06. The maximum atomic E-state index is 14.1. The van der Waals surface area contributed by atoms with E-state index in [0.29, 0.717) is 23.1 Å². The number of aliphatic hydroxyl groups is 1. The van der Waals surface area contributed by atoms with Gasteiger partial charge in [-0.2, -0.15) is 5.10 Å². The number of rotatable bonds is 3. The predicted octanol–water partition coefficient (Wildman–Crippen LogP) is 2.48. The molecule has 1 aliphatic heterocycles. The van der Waals surface area contributed by atoms with E-state index in [2.05, 4.69) is 26.1 Å². The molecule has 3 aromatic rings. The van der Waals surface area contributed by atoms with Crippen LogP contribution in [0.15, 0.2) is 47.1 Å². The molecule has 1 aliphatic rings. The molecule has 0 radical (unpaired) electrons. The molecule has 29 heavy (non-hydrogen) atoms. The molecule has 1 unspecified atom stereocenters. The van der Waals surface area contributed by atoms with Crippen LogP contribution in [-0.4, -0.2) is 63.1 Å². The SMILES string of the molecule is O=C(c1ccc2[nH]ncc2c1)N1CCN(C(=O)C(O)c2ccc(Br)cc2F)CC1. The van der Waals surface area contributed by atoms with Crippen LogP contribution in [0, 0.1) is 5.82 Å². The highest BCUT2D eigenvalue weighted by molar-refractivity contribution is 9.10. The van der Waals surface area contributed by atoms with Crippen molar-refractivity contribution in [3.63, 3.8) is 0 Å². The topological polar surface area (TPSA) is 89.5 Å². The minimum atomic E-state index is -1.58. The summed E-state index contributed by atoms with van der Waals surface area (Å²) < 4.78 is 14.6. The van der Waals surface area contributed by atoms with Crippen molar-refractivity contribution in [2.45, 2.75) is 6.10 Å². The largest absolute Gasteiger partial charge is 0.378 e. The third kappa shape index (κ3) is 3.88. The lowest BCUT2D eigenvalue weighted by atomic mass is 10.1. The second-order valence-corrected chi connectivity index (χ2v) is 7.77. The van der Waals surface area contributed by atoms with Crippen LogP contribution in [0.4, 0.5) is 4.39 Å². The highest BCUT2D eigenvalue weighted by Crippen LogP contribution is 2.23. The molecule has 1 aromatic heterocycles. The Labute approximate surface area is 174 Å². The minimum absolute atomic E-state index is 0.0647. The number of fused-ring (bicyclic) bond motifs is 1. The molecule has 0 spiro atoms. The molecule has 9 heteroatoms. The van der Waals surface area contributed by atoms with E-state index in [-0.39, 0.29) is 24.6 Å². The Bertz CT molecular complexity index is 1080. The van der Waals surface area contributed by atoms with Crippen LogP contribution < -0.4 is 0 Å². The number of carbonyl (C=O) groups excluding carboxylic acids is 2. The van der Waals surface area contributed by atoms with Crippen molar-refractivity contribution in [2.24, 2.45) is 0 Å². The third-order valence-corrected chi connectivity index (χ3v) is 5.55. The minimum Gasteiger partial charge on any atom is -0.378 e. The highest BCUT2D eigenvalue weighted by Gasteiger charge is 2.30. The van der Waals surface area contributed by atoms with Crippen LogP contribution in [0.3, 0.4) is 0 Å². The van der Waals surface area contributed by atoms with E-state index in [1.807, 2.05) is 0 Å². The number of benzene rings is 2. The number of nitrogens with one attached hydrogen (secondary N) is 1. The molecule has 150 valence electrons. The Morgan fingerprint density at radius 2 is 1.83 bits per heavy atom. The summed E-state index contributed by atoms with van der Waals surface area (Å²) >= 11 is 3.15. The predicted molar refractivity (Wildman–Crippen MR) is 108 cm³/mol. The van der Waals surface area contributed by atoms with Gasteiger partial charge in [0.2, 0.25) is 0 Å². The smallest absolute Gasteiger partial charge is 0.256 e. The van der Waals surface area contributed by atoms with Gasteiger partial charge >= 0.3 is 0 Å². The van der Waals surface area contributed by atoms with Gasteiger partial charge < -0.3 is 14.9 Å². The molecule has 2 amide bonds. The van der Waals surface area contributed by atoms with Crippen LogP contribution in [-0.2, 0) is 4.79 Å². The van der Waals surface area contributed by atoms with E-state index in [9.17, 15) is 19.1 Å². The quantitative estimate of drug-likeness (QED) is 0.628. The summed E-state index contributed by atoms with van der Waals surface area (Å²) in [6.07, 6.45) is 0.0830. The van der Waals surface area contributed by atoms with Crippen molar-refractivity contribution in [1.29, 1.82) is 0 Å². The van der Waals surface area contributed by atoms with Gasteiger partial charge in [0.25, 0.3) is 11.8 Å². The van der Waals surface area contributed by atoms with Crippen molar-refractivity contribution in [3.8, 4) is 0 Å². The Hall–Kier alpha value is -2.78. The fraction of sp³-hybridized carbons (Fsp3) is 0.250. The number of aromatic nitrogens is 2. The lowest BCUT2D eigenvalue weighted by Gasteiger charge is -2.35. The van der Waals surface area contributed by atoms with Gasteiger partial charge in [0.05, 0.1) is 11.7 Å². The van der Waals surface area contributed by atoms with Crippen molar-refractivity contribution in [3.05, 3.63) is 64.0 Å². The standard InChI is InChI=1S/C20H18BrFN4O3/c21-14-2-3-15(16(22)10-14)18(27)20(29)26-7-5-25(6-8-26)19(28)12-1-4-17-13(9-12)11-23-24-17/h1-4,9-11,18,27H,5-8H2,(H,23,24). The second-order valence-electron chi connectivity index (χ2n) is 6.86. The number of nitrogens with zero attached hydrogens (tertiary/aromatic N) is 3. The number of H-pyrrole nitrogens is 1. The molecular formula is C20H18BrFN4O3. The average molecular weight is 461 g/mol. The van der Waals surface area contributed by atoms with Gasteiger partial charge in [-0.3, -0.25) is 14.7 Å². The molecular weight excluding hydrogens is 443 g/mol. The summed E-state index contributed by atoms with van der Waals surface area (Å²) in [6, 6.07) is 9.48. The number of aliphatic hydroxyl groups excluding tert-OH is 1. The number of hydrogen-bond acceptors (Lipinski definition) is 4. The number of hydrogen-bond donors (Lipinski definition) is 2. The number of aromatic amines is 1. The molecule has 2 aromatic carbocycles. The number of carbonyl (C=O) groups is 2. The monoisotopic (exact) mass is 460 g/mol. The Morgan fingerprint density at radius 3 is 2.55 bits per heavy atom. The van der Waals surface area contributed by atoms with Crippen LogP contribution in [0.2, 0.25) is 0 Å². The summed E-state index contributed by atoms with van der Waals surface area (Å²) in [5.41, 5.74) is 1.34. The van der Waals surface area contributed by atoms with Gasteiger partial charge in [-0.1, -0.05) is 22.0 Å². The van der Waals surface area contributed by atoms with Gasteiger partial charge in [-0.05, 0) is 30.3 Å². The summed E-state index contributed by atoms with van der Waals surface area (Å²) in [6.45, 7) is 1.22. The summed E-state index contributed by atoms with van der Waals surface area (Å²) in [5, 5.41) is 18.0. The van der Waals surface area contributed by atoms with E-state index in [0.717, 1.165) is 10.9 Å². The molecule has 1 atom stereocenters. The lowest BCUT2D eigenvalue weighted by Crippen LogP contribution is -2.51. The zero-order valence-corrected chi connectivity index (χ0v) is 16.9. The van der Waals surface area contributed by atoms with Crippen LogP contribution in [0.5, 0.6) is 0 Å².